The number of aromatic nitrogens is 5. The second-order valence-corrected chi connectivity index (χ2v) is 4.40. The van der Waals surface area contributed by atoms with E-state index in [0.717, 1.165) is 30.3 Å². The zero-order valence-corrected chi connectivity index (χ0v) is 9.88. The van der Waals surface area contributed by atoms with Crippen molar-refractivity contribution in [3.63, 3.8) is 0 Å². The highest BCUT2D eigenvalue weighted by molar-refractivity contribution is 5.38. The summed E-state index contributed by atoms with van der Waals surface area (Å²) >= 11 is 0. The summed E-state index contributed by atoms with van der Waals surface area (Å²) in [6.07, 6.45) is 2.30. The van der Waals surface area contributed by atoms with Gasteiger partial charge in [0.05, 0.1) is 0 Å². The minimum absolute atomic E-state index is 0.474. The number of hydrogen-bond donors (Lipinski definition) is 1. The zero-order chi connectivity index (χ0) is 12.0. The van der Waals surface area contributed by atoms with Crippen LogP contribution in [0.1, 0.15) is 36.2 Å². The van der Waals surface area contributed by atoms with Gasteiger partial charge in [0.2, 0.25) is 0 Å². The molecule has 88 valence electrons. The third kappa shape index (κ3) is 1.86. The maximum absolute atomic E-state index is 5.81. The molecule has 0 bridgehead atoms. The van der Waals surface area contributed by atoms with Gasteiger partial charge in [0.1, 0.15) is 23.3 Å². The van der Waals surface area contributed by atoms with Gasteiger partial charge in [0.15, 0.2) is 5.82 Å². The third-order valence-electron chi connectivity index (χ3n) is 2.78. The molecular formula is C11H14N6. The molecule has 6 heteroatoms. The highest BCUT2D eigenvalue weighted by Gasteiger charge is 2.27. The van der Waals surface area contributed by atoms with Crippen LogP contribution in [-0.2, 0) is 0 Å². The largest absolute Gasteiger partial charge is 0.384 e. The van der Waals surface area contributed by atoms with Crippen LogP contribution in [0.4, 0.5) is 5.82 Å². The number of aryl methyl sites for hydroxylation is 2. The molecule has 0 amide bonds. The van der Waals surface area contributed by atoms with Gasteiger partial charge < -0.3 is 5.73 Å². The van der Waals surface area contributed by atoms with Crippen molar-refractivity contribution in [3.05, 3.63) is 23.5 Å². The molecule has 1 aliphatic carbocycles. The number of nitrogens with zero attached hydrogens (tertiary/aromatic N) is 5. The fraction of sp³-hybridized carbons (Fsp3) is 0.455. The van der Waals surface area contributed by atoms with Crippen LogP contribution in [0.25, 0.3) is 5.82 Å². The lowest BCUT2D eigenvalue weighted by atomic mass is 10.4. The van der Waals surface area contributed by atoms with Crippen LogP contribution in [0.15, 0.2) is 6.07 Å². The number of rotatable bonds is 2. The van der Waals surface area contributed by atoms with Gasteiger partial charge >= 0.3 is 0 Å². The fourth-order valence-electron chi connectivity index (χ4n) is 1.84. The number of anilines is 1. The van der Waals surface area contributed by atoms with E-state index in [-0.39, 0.29) is 0 Å². The first-order valence-corrected chi connectivity index (χ1v) is 5.68. The van der Waals surface area contributed by atoms with Gasteiger partial charge in [0.25, 0.3) is 0 Å². The van der Waals surface area contributed by atoms with Gasteiger partial charge in [-0.05, 0) is 26.7 Å². The lowest BCUT2D eigenvalue weighted by molar-refractivity contribution is 0.780. The fourth-order valence-corrected chi connectivity index (χ4v) is 1.84. The first kappa shape index (κ1) is 10.2. The van der Waals surface area contributed by atoms with E-state index in [1.54, 1.807) is 10.7 Å². The highest BCUT2D eigenvalue weighted by atomic mass is 15.4. The summed E-state index contributed by atoms with van der Waals surface area (Å²) in [7, 11) is 0. The van der Waals surface area contributed by atoms with Crippen molar-refractivity contribution in [1.29, 1.82) is 0 Å². The molecule has 2 aromatic heterocycles. The second kappa shape index (κ2) is 3.51. The summed E-state index contributed by atoms with van der Waals surface area (Å²) in [4.78, 5) is 13.0. The van der Waals surface area contributed by atoms with E-state index in [1.807, 2.05) is 13.8 Å². The summed E-state index contributed by atoms with van der Waals surface area (Å²) < 4.78 is 1.71. The Hall–Kier alpha value is -1.98. The van der Waals surface area contributed by atoms with Crippen molar-refractivity contribution in [2.24, 2.45) is 0 Å². The van der Waals surface area contributed by atoms with Crippen LogP contribution in [0, 0.1) is 13.8 Å². The maximum Gasteiger partial charge on any atom is 0.161 e. The van der Waals surface area contributed by atoms with Crippen LogP contribution in [0.2, 0.25) is 0 Å². The number of nitrogen functional groups attached to an aromatic ring is 1. The average molecular weight is 230 g/mol. The van der Waals surface area contributed by atoms with Crippen LogP contribution < -0.4 is 5.73 Å². The predicted octanol–water partition coefficient (Wildman–Crippen LogP) is 1.13. The molecule has 0 spiro atoms. The van der Waals surface area contributed by atoms with E-state index in [0.29, 0.717) is 17.6 Å². The Morgan fingerprint density at radius 3 is 2.59 bits per heavy atom. The maximum atomic E-state index is 5.81. The molecule has 2 aromatic rings. The van der Waals surface area contributed by atoms with Gasteiger partial charge in [-0.2, -0.15) is 4.68 Å². The molecule has 0 unspecified atom stereocenters. The van der Waals surface area contributed by atoms with Crippen LogP contribution in [0.5, 0.6) is 0 Å². The van der Waals surface area contributed by atoms with Crippen molar-refractivity contribution in [2.75, 3.05) is 5.73 Å². The highest BCUT2D eigenvalue weighted by Crippen LogP contribution is 2.38. The molecule has 1 fully saturated rings. The van der Waals surface area contributed by atoms with Crippen LogP contribution in [0.3, 0.4) is 0 Å². The summed E-state index contributed by atoms with van der Waals surface area (Å²) in [6, 6.07) is 1.73. The van der Waals surface area contributed by atoms with Crippen molar-refractivity contribution < 1.29 is 0 Å². The molecular weight excluding hydrogens is 216 g/mol. The molecule has 1 saturated carbocycles. The molecule has 0 aromatic carbocycles. The van der Waals surface area contributed by atoms with E-state index < -0.39 is 0 Å². The molecule has 3 rings (SSSR count). The standard InChI is InChI=1S/C11H14N6/c1-6-13-7(2)17(16-6)10-5-9(12)14-11(15-10)8-3-4-8/h5,8H,3-4H2,1-2H3,(H2,12,14,15). The number of nitrogens with two attached hydrogens (primary N) is 1. The monoisotopic (exact) mass is 230 g/mol. The smallest absolute Gasteiger partial charge is 0.161 e. The topological polar surface area (TPSA) is 82.5 Å². The summed E-state index contributed by atoms with van der Waals surface area (Å²) in [6.45, 7) is 3.75. The van der Waals surface area contributed by atoms with Crippen LogP contribution in [-0.4, -0.2) is 24.7 Å². The molecule has 1 aliphatic rings. The van der Waals surface area contributed by atoms with Crippen molar-refractivity contribution in [2.45, 2.75) is 32.6 Å². The van der Waals surface area contributed by atoms with Crippen molar-refractivity contribution in [3.8, 4) is 5.82 Å². The first-order valence-electron chi connectivity index (χ1n) is 5.68. The lowest BCUT2D eigenvalue weighted by Crippen LogP contribution is -2.07. The summed E-state index contributed by atoms with van der Waals surface area (Å²) in [5, 5.41) is 4.30. The quantitative estimate of drug-likeness (QED) is 0.836. The van der Waals surface area contributed by atoms with Gasteiger partial charge in [-0.25, -0.2) is 15.0 Å². The van der Waals surface area contributed by atoms with E-state index in [4.69, 9.17) is 5.73 Å². The van der Waals surface area contributed by atoms with Gasteiger partial charge in [0, 0.05) is 12.0 Å². The molecule has 0 saturated heterocycles. The minimum Gasteiger partial charge on any atom is -0.384 e. The third-order valence-corrected chi connectivity index (χ3v) is 2.78. The Kier molecular flexibility index (Phi) is 2.10. The van der Waals surface area contributed by atoms with E-state index in [1.165, 1.54) is 0 Å². The van der Waals surface area contributed by atoms with E-state index in [9.17, 15) is 0 Å². The predicted molar refractivity (Wildman–Crippen MR) is 62.8 cm³/mol. The molecule has 2 N–H and O–H groups in total. The molecule has 17 heavy (non-hydrogen) atoms. The van der Waals surface area contributed by atoms with Crippen molar-refractivity contribution >= 4 is 5.82 Å². The van der Waals surface area contributed by atoms with Gasteiger partial charge in [-0.15, -0.1) is 5.10 Å². The van der Waals surface area contributed by atoms with Crippen LogP contribution >= 0.6 is 0 Å². The minimum atomic E-state index is 0.474. The summed E-state index contributed by atoms with van der Waals surface area (Å²) in [5.74, 6) is 4.03. The normalized spacial score (nSPS) is 15.2. The summed E-state index contributed by atoms with van der Waals surface area (Å²) in [5.41, 5.74) is 5.81. The molecule has 0 radical (unpaired) electrons. The molecule has 2 heterocycles. The van der Waals surface area contributed by atoms with E-state index >= 15 is 0 Å². The zero-order valence-electron chi connectivity index (χ0n) is 9.88. The average Bonchev–Trinajstić information content (AvgIpc) is 3.04. The van der Waals surface area contributed by atoms with E-state index in [2.05, 4.69) is 20.1 Å². The Morgan fingerprint density at radius 1 is 1.24 bits per heavy atom. The second-order valence-electron chi connectivity index (χ2n) is 4.40. The molecule has 0 atom stereocenters. The Labute approximate surface area is 98.9 Å². The number of hydrogen-bond acceptors (Lipinski definition) is 5. The van der Waals surface area contributed by atoms with Gasteiger partial charge in [-0.1, -0.05) is 0 Å². The van der Waals surface area contributed by atoms with Crippen molar-refractivity contribution in [1.82, 2.24) is 24.7 Å². The molecule has 6 nitrogen and oxygen atoms in total. The van der Waals surface area contributed by atoms with Gasteiger partial charge in [-0.3, -0.25) is 0 Å². The Bertz CT molecular complexity index is 569. The molecule has 0 aliphatic heterocycles. The Balaban J connectivity index is 2.10. The SMILES string of the molecule is Cc1nc(C)n(-c2cc(N)nc(C3CC3)n2)n1. The first-order chi connectivity index (χ1) is 8.13. The Morgan fingerprint density at radius 2 is 2.00 bits per heavy atom. The lowest BCUT2D eigenvalue weighted by Gasteiger charge is -2.05.